The summed E-state index contributed by atoms with van der Waals surface area (Å²) in [7, 11) is 0. The van der Waals surface area contributed by atoms with Gasteiger partial charge >= 0.3 is 12.4 Å². The molecule has 1 N–H and O–H groups in total. The van der Waals surface area contributed by atoms with Gasteiger partial charge in [0, 0.05) is 24.1 Å². The Labute approximate surface area is 175 Å². The molecule has 31 heavy (non-hydrogen) atoms. The number of benzene rings is 2. The third-order valence-corrected chi connectivity index (χ3v) is 4.77. The molecule has 2 nitrogen and oxygen atoms in total. The molecule has 0 unspecified atom stereocenters. The fraction of sp³-hybridized carbons (Fsp3) is 0.261. The number of nitrogens with one attached hydrogen (secondary N) is 1. The molecule has 164 valence electrons. The van der Waals surface area contributed by atoms with Crippen molar-refractivity contribution in [1.82, 2.24) is 4.98 Å². The molecule has 1 aromatic heterocycles. The maximum Gasteiger partial charge on any atom is 0.416 e. The molecule has 0 bridgehead atoms. The lowest BCUT2D eigenvalue weighted by molar-refractivity contribution is -0.143. The van der Waals surface area contributed by atoms with Gasteiger partial charge in [0.1, 0.15) is 0 Å². The quantitative estimate of drug-likeness (QED) is 0.419. The van der Waals surface area contributed by atoms with E-state index in [4.69, 9.17) is 0 Å². The maximum absolute atomic E-state index is 13.1. The van der Waals surface area contributed by atoms with Crippen molar-refractivity contribution in [3.05, 3.63) is 95.3 Å². The van der Waals surface area contributed by atoms with Crippen molar-refractivity contribution in [2.24, 2.45) is 5.92 Å². The van der Waals surface area contributed by atoms with Crippen LogP contribution in [0.25, 0.3) is 0 Å². The second-order valence-electron chi connectivity index (χ2n) is 7.26. The zero-order chi connectivity index (χ0) is 22.5. The van der Waals surface area contributed by atoms with E-state index in [1.54, 1.807) is 12.3 Å². The van der Waals surface area contributed by atoms with Crippen LogP contribution in [0.5, 0.6) is 0 Å². The number of hydrogen-bond donors (Lipinski definition) is 1. The minimum absolute atomic E-state index is 0.0961. The first kappa shape index (κ1) is 22.7. The first-order valence-electron chi connectivity index (χ1n) is 9.58. The highest BCUT2D eigenvalue weighted by Crippen LogP contribution is 2.37. The lowest BCUT2D eigenvalue weighted by Gasteiger charge is -2.20. The van der Waals surface area contributed by atoms with Crippen molar-refractivity contribution in [3.8, 4) is 0 Å². The SMILES string of the molecule is FC(F)(F)c1cc(NC[C@H](Cc2ccccc2)Cc2ccccn2)cc(C(F)(F)F)c1. The fourth-order valence-corrected chi connectivity index (χ4v) is 3.30. The Kier molecular flexibility index (Phi) is 6.87. The largest absolute Gasteiger partial charge is 0.416 e. The first-order chi connectivity index (χ1) is 14.6. The molecule has 2 aromatic carbocycles. The summed E-state index contributed by atoms with van der Waals surface area (Å²) in [5.74, 6) is -0.0961. The smallest absolute Gasteiger partial charge is 0.385 e. The topological polar surface area (TPSA) is 24.9 Å². The normalized spacial score (nSPS) is 13.1. The Morgan fingerprint density at radius 1 is 0.742 bits per heavy atom. The summed E-state index contributed by atoms with van der Waals surface area (Å²) in [5.41, 5.74) is -1.08. The summed E-state index contributed by atoms with van der Waals surface area (Å²) in [4.78, 5) is 4.28. The Morgan fingerprint density at radius 2 is 1.35 bits per heavy atom. The number of alkyl halides is 6. The highest BCUT2D eigenvalue weighted by Gasteiger charge is 2.37. The van der Waals surface area contributed by atoms with Gasteiger partial charge in [-0.3, -0.25) is 4.98 Å². The second-order valence-corrected chi connectivity index (χ2v) is 7.26. The molecule has 8 heteroatoms. The van der Waals surface area contributed by atoms with Gasteiger partial charge in [0.15, 0.2) is 0 Å². The highest BCUT2D eigenvalue weighted by atomic mass is 19.4. The standard InChI is InChI=1S/C23H20F6N2/c24-22(25,26)18-12-19(23(27,28)29)14-21(13-18)31-15-17(10-16-6-2-1-3-7-16)11-20-8-4-5-9-30-20/h1-9,12-14,17,31H,10-11,15H2/t17-/m1/s1. The number of rotatable bonds is 7. The Morgan fingerprint density at radius 3 is 1.90 bits per heavy atom. The van der Waals surface area contributed by atoms with Crippen LogP contribution in [0, 0.1) is 5.92 Å². The van der Waals surface area contributed by atoms with E-state index in [2.05, 4.69) is 10.3 Å². The molecule has 3 aromatic rings. The van der Waals surface area contributed by atoms with Crippen LogP contribution in [0.4, 0.5) is 32.0 Å². The Hall–Kier alpha value is -3.03. The molecule has 1 atom stereocenters. The van der Waals surface area contributed by atoms with Gasteiger partial charge in [-0.05, 0) is 54.7 Å². The number of aromatic nitrogens is 1. The van der Waals surface area contributed by atoms with Crippen LogP contribution in [-0.2, 0) is 25.2 Å². The molecule has 0 fully saturated rings. The third-order valence-electron chi connectivity index (χ3n) is 4.77. The predicted octanol–water partition coefficient (Wildman–Crippen LogP) is 6.63. The third kappa shape index (κ3) is 6.73. The Balaban J connectivity index is 1.82. The number of halogens is 6. The van der Waals surface area contributed by atoms with E-state index < -0.39 is 23.5 Å². The average Bonchev–Trinajstić information content (AvgIpc) is 2.72. The summed E-state index contributed by atoms with van der Waals surface area (Å²) in [5, 5.41) is 2.78. The van der Waals surface area contributed by atoms with Crippen LogP contribution in [-0.4, -0.2) is 11.5 Å². The molecule has 0 saturated heterocycles. The summed E-state index contributed by atoms with van der Waals surface area (Å²) < 4.78 is 78.6. The van der Waals surface area contributed by atoms with Crippen molar-refractivity contribution >= 4 is 5.69 Å². The summed E-state index contributed by atoms with van der Waals surface area (Å²) in [6.07, 6.45) is -7.00. The van der Waals surface area contributed by atoms with Crippen molar-refractivity contribution in [2.75, 3.05) is 11.9 Å². The molecular weight excluding hydrogens is 418 g/mol. The van der Waals surface area contributed by atoms with E-state index in [0.29, 0.717) is 25.0 Å². The molecule has 0 amide bonds. The van der Waals surface area contributed by atoms with Crippen molar-refractivity contribution < 1.29 is 26.3 Å². The van der Waals surface area contributed by atoms with Crippen LogP contribution >= 0.6 is 0 Å². The van der Waals surface area contributed by atoms with Crippen molar-refractivity contribution in [1.29, 1.82) is 0 Å². The van der Waals surface area contributed by atoms with Gasteiger partial charge in [-0.15, -0.1) is 0 Å². The van der Waals surface area contributed by atoms with Gasteiger partial charge in [0.05, 0.1) is 11.1 Å². The maximum atomic E-state index is 13.1. The molecule has 0 radical (unpaired) electrons. The van der Waals surface area contributed by atoms with Crippen molar-refractivity contribution in [2.45, 2.75) is 25.2 Å². The van der Waals surface area contributed by atoms with Gasteiger partial charge < -0.3 is 5.32 Å². The fourth-order valence-electron chi connectivity index (χ4n) is 3.30. The summed E-state index contributed by atoms with van der Waals surface area (Å²) in [6.45, 7) is 0.185. The van der Waals surface area contributed by atoms with E-state index in [1.165, 1.54) is 0 Å². The predicted molar refractivity (Wildman–Crippen MR) is 107 cm³/mol. The highest BCUT2D eigenvalue weighted by molar-refractivity contribution is 5.50. The number of nitrogens with zero attached hydrogens (tertiary/aromatic N) is 1. The molecule has 0 spiro atoms. The van der Waals surface area contributed by atoms with Gasteiger partial charge in [0.25, 0.3) is 0 Å². The number of hydrogen-bond acceptors (Lipinski definition) is 2. The van der Waals surface area contributed by atoms with Gasteiger partial charge in [-0.2, -0.15) is 26.3 Å². The zero-order valence-corrected chi connectivity index (χ0v) is 16.3. The van der Waals surface area contributed by atoms with E-state index in [-0.39, 0.29) is 24.2 Å². The lowest BCUT2D eigenvalue weighted by atomic mass is 9.94. The molecule has 0 aliphatic rings. The van der Waals surface area contributed by atoms with E-state index >= 15 is 0 Å². The summed E-state index contributed by atoms with van der Waals surface area (Å²) in [6, 6.07) is 16.5. The zero-order valence-electron chi connectivity index (χ0n) is 16.3. The molecule has 0 aliphatic heterocycles. The van der Waals surface area contributed by atoms with Gasteiger partial charge in [-0.1, -0.05) is 36.4 Å². The average molecular weight is 438 g/mol. The van der Waals surface area contributed by atoms with Crippen LogP contribution in [0.2, 0.25) is 0 Å². The minimum Gasteiger partial charge on any atom is -0.385 e. The van der Waals surface area contributed by atoms with E-state index in [9.17, 15) is 26.3 Å². The molecule has 0 aliphatic carbocycles. The van der Waals surface area contributed by atoms with Gasteiger partial charge in [0.2, 0.25) is 0 Å². The lowest BCUT2D eigenvalue weighted by Crippen LogP contribution is -2.20. The first-order valence-corrected chi connectivity index (χ1v) is 9.58. The van der Waals surface area contributed by atoms with E-state index in [0.717, 1.165) is 11.3 Å². The second kappa shape index (κ2) is 9.41. The molecule has 1 heterocycles. The molecular formula is C23H20F6N2. The number of pyridine rings is 1. The summed E-state index contributed by atoms with van der Waals surface area (Å²) >= 11 is 0. The van der Waals surface area contributed by atoms with Crippen molar-refractivity contribution in [3.63, 3.8) is 0 Å². The van der Waals surface area contributed by atoms with Crippen LogP contribution in [0.3, 0.4) is 0 Å². The number of anilines is 1. The minimum atomic E-state index is -4.88. The molecule has 0 saturated carbocycles. The monoisotopic (exact) mass is 438 g/mol. The van der Waals surface area contributed by atoms with E-state index in [1.807, 2.05) is 42.5 Å². The van der Waals surface area contributed by atoms with Crippen LogP contribution < -0.4 is 5.32 Å². The molecule has 3 rings (SSSR count). The van der Waals surface area contributed by atoms with Gasteiger partial charge in [-0.25, -0.2) is 0 Å². The van der Waals surface area contributed by atoms with Crippen LogP contribution in [0.1, 0.15) is 22.4 Å². The Bertz CT molecular complexity index is 895. The van der Waals surface area contributed by atoms with Crippen LogP contribution in [0.15, 0.2) is 72.9 Å².